The van der Waals surface area contributed by atoms with E-state index in [2.05, 4.69) is 9.73 Å². The zero-order valence-corrected chi connectivity index (χ0v) is 7.66. The van der Waals surface area contributed by atoms with Crippen LogP contribution >= 0.6 is 0 Å². The molecule has 0 unspecified atom stereocenters. The molecule has 2 atom stereocenters. The summed E-state index contributed by atoms with van der Waals surface area (Å²) < 4.78 is 4.64. The Morgan fingerprint density at radius 3 is 2.92 bits per heavy atom. The Morgan fingerprint density at radius 2 is 2.31 bits per heavy atom. The van der Waals surface area contributed by atoms with E-state index in [1.165, 1.54) is 13.2 Å². The van der Waals surface area contributed by atoms with Crippen molar-refractivity contribution in [2.24, 2.45) is 10.9 Å². The van der Waals surface area contributed by atoms with Gasteiger partial charge in [0.1, 0.15) is 0 Å². The Balaban J connectivity index is 2.50. The number of ether oxygens (including phenoxy) is 1. The maximum absolute atomic E-state index is 11.2. The largest absolute Gasteiger partial charge is 0.469 e. The highest BCUT2D eigenvalue weighted by atomic mass is 16.5. The first-order valence-electron chi connectivity index (χ1n) is 4.42. The smallest absolute Gasteiger partial charge is 0.308 e. The third-order valence-electron chi connectivity index (χ3n) is 2.42. The van der Waals surface area contributed by atoms with E-state index in [0.29, 0.717) is 6.42 Å². The van der Waals surface area contributed by atoms with Gasteiger partial charge in [-0.15, -0.1) is 0 Å². The van der Waals surface area contributed by atoms with Crippen LogP contribution < -0.4 is 0 Å². The fourth-order valence-corrected chi connectivity index (χ4v) is 1.74. The number of carbonyl (C=O) groups excluding carboxylic acids is 2. The molecule has 4 heteroatoms. The molecule has 0 N–H and O–H groups in total. The van der Waals surface area contributed by atoms with Gasteiger partial charge in [-0.3, -0.25) is 4.79 Å². The van der Waals surface area contributed by atoms with Gasteiger partial charge in [-0.1, -0.05) is 6.42 Å². The van der Waals surface area contributed by atoms with Crippen molar-refractivity contribution in [3.05, 3.63) is 0 Å². The van der Waals surface area contributed by atoms with Gasteiger partial charge in [0, 0.05) is 0 Å². The fourth-order valence-electron chi connectivity index (χ4n) is 1.74. The second kappa shape index (κ2) is 4.77. The molecule has 72 valence electrons. The first-order chi connectivity index (χ1) is 6.27. The van der Waals surface area contributed by atoms with Crippen molar-refractivity contribution in [3.8, 4) is 0 Å². The number of hydrogen-bond donors (Lipinski definition) is 0. The maximum atomic E-state index is 11.2. The molecular formula is C9H13NO3. The summed E-state index contributed by atoms with van der Waals surface area (Å²) in [5, 5.41) is 0. The molecule has 0 spiro atoms. The third-order valence-corrected chi connectivity index (χ3v) is 2.42. The minimum atomic E-state index is -0.189. The van der Waals surface area contributed by atoms with E-state index in [1.54, 1.807) is 0 Å². The topological polar surface area (TPSA) is 55.7 Å². The Labute approximate surface area is 77.0 Å². The monoisotopic (exact) mass is 183 g/mol. The highest BCUT2D eigenvalue weighted by Crippen LogP contribution is 2.26. The van der Waals surface area contributed by atoms with Crippen molar-refractivity contribution in [2.75, 3.05) is 7.11 Å². The van der Waals surface area contributed by atoms with Gasteiger partial charge in [-0.25, -0.2) is 9.79 Å². The molecule has 0 aliphatic heterocycles. The molecule has 0 heterocycles. The number of hydrogen-bond acceptors (Lipinski definition) is 4. The van der Waals surface area contributed by atoms with Crippen molar-refractivity contribution < 1.29 is 14.3 Å². The number of nitrogens with zero attached hydrogens (tertiary/aromatic N) is 1. The highest BCUT2D eigenvalue weighted by Gasteiger charge is 2.27. The van der Waals surface area contributed by atoms with Gasteiger partial charge in [0.05, 0.1) is 19.1 Å². The quantitative estimate of drug-likeness (QED) is 0.365. The Bertz CT molecular complexity index is 233. The van der Waals surface area contributed by atoms with E-state index < -0.39 is 0 Å². The average Bonchev–Trinajstić information content (AvgIpc) is 2.18. The summed E-state index contributed by atoms with van der Waals surface area (Å²) in [6.45, 7) is 0. The second-order valence-corrected chi connectivity index (χ2v) is 3.26. The summed E-state index contributed by atoms with van der Waals surface area (Å²) in [5.74, 6) is -0.272. The van der Waals surface area contributed by atoms with Crippen LogP contribution in [0.2, 0.25) is 0 Å². The van der Waals surface area contributed by atoms with Crippen LogP contribution in [0.15, 0.2) is 4.99 Å². The van der Waals surface area contributed by atoms with Crippen LogP contribution in [0.25, 0.3) is 0 Å². The number of aliphatic imine (C=N–C) groups is 1. The van der Waals surface area contributed by atoms with Gasteiger partial charge in [-0.2, -0.15) is 0 Å². The van der Waals surface area contributed by atoms with Gasteiger partial charge in [-0.05, 0) is 19.3 Å². The molecule has 1 fully saturated rings. The van der Waals surface area contributed by atoms with Gasteiger partial charge >= 0.3 is 5.97 Å². The third kappa shape index (κ3) is 2.67. The molecule has 4 nitrogen and oxygen atoms in total. The van der Waals surface area contributed by atoms with Crippen LogP contribution in [0.5, 0.6) is 0 Å². The average molecular weight is 183 g/mol. The number of carbonyl (C=O) groups is 1. The standard InChI is InChI=1S/C9H13NO3/c1-13-9(12)7-3-2-4-8(5-7)10-6-11/h7-8H,2-5H2,1H3/t7-,8-/m0/s1. The van der Waals surface area contributed by atoms with Gasteiger partial charge in [0.15, 0.2) is 0 Å². The Kier molecular flexibility index (Phi) is 3.65. The van der Waals surface area contributed by atoms with Crippen LogP contribution in [0.3, 0.4) is 0 Å². The molecule has 0 aromatic heterocycles. The maximum Gasteiger partial charge on any atom is 0.308 e. The Hall–Kier alpha value is -1.15. The summed E-state index contributed by atoms with van der Waals surface area (Å²) in [5.41, 5.74) is 0. The predicted molar refractivity (Wildman–Crippen MR) is 45.9 cm³/mol. The van der Waals surface area contributed by atoms with Crippen LogP contribution in [0.4, 0.5) is 0 Å². The number of esters is 1. The molecule has 0 aromatic carbocycles. The molecule has 1 rings (SSSR count). The molecule has 0 bridgehead atoms. The fraction of sp³-hybridized carbons (Fsp3) is 0.778. The van der Waals surface area contributed by atoms with E-state index >= 15 is 0 Å². The van der Waals surface area contributed by atoms with Gasteiger partial charge in [0.25, 0.3) is 0 Å². The molecular weight excluding hydrogens is 170 g/mol. The lowest BCUT2D eigenvalue weighted by atomic mass is 9.86. The lowest BCUT2D eigenvalue weighted by Crippen LogP contribution is -2.25. The van der Waals surface area contributed by atoms with E-state index in [4.69, 9.17) is 0 Å². The first-order valence-corrected chi connectivity index (χ1v) is 4.42. The molecule has 13 heavy (non-hydrogen) atoms. The van der Waals surface area contributed by atoms with E-state index in [-0.39, 0.29) is 17.9 Å². The van der Waals surface area contributed by atoms with Gasteiger partial charge < -0.3 is 4.74 Å². The number of isocyanates is 1. The summed E-state index contributed by atoms with van der Waals surface area (Å²) in [7, 11) is 1.38. The lowest BCUT2D eigenvalue weighted by molar-refractivity contribution is -0.146. The SMILES string of the molecule is COC(=O)[C@H]1CCC[C@H](N=C=O)C1. The molecule has 1 aliphatic carbocycles. The van der Waals surface area contributed by atoms with Gasteiger partial charge in [0.2, 0.25) is 6.08 Å². The molecule has 0 saturated heterocycles. The van der Waals surface area contributed by atoms with Crippen molar-refractivity contribution >= 4 is 12.0 Å². The van der Waals surface area contributed by atoms with E-state index in [1.807, 2.05) is 0 Å². The number of methoxy groups -OCH3 is 1. The molecule has 0 radical (unpaired) electrons. The van der Waals surface area contributed by atoms with Crippen LogP contribution in [-0.2, 0) is 14.3 Å². The second-order valence-electron chi connectivity index (χ2n) is 3.26. The molecule has 1 saturated carbocycles. The summed E-state index contributed by atoms with van der Waals surface area (Å²) >= 11 is 0. The van der Waals surface area contributed by atoms with Crippen LogP contribution in [-0.4, -0.2) is 25.2 Å². The molecule has 1 aliphatic rings. The first kappa shape index (κ1) is 9.93. The highest BCUT2D eigenvalue weighted by molar-refractivity contribution is 5.72. The molecule has 0 aromatic rings. The zero-order valence-electron chi connectivity index (χ0n) is 7.66. The molecule has 0 amide bonds. The van der Waals surface area contributed by atoms with Crippen molar-refractivity contribution in [2.45, 2.75) is 31.7 Å². The van der Waals surface area contributed by atoms with E-state index in [9.17, 15) is 9.59 Å². The number of rotatable bonds is 2. The Morgan fingerprint density at radius 1 is 1.54 bits per heavy atom. The van der Waals surface area contributed by atoms with Crippen molar-refractivity contribution in [1.29, 1.82) is 0 Å². The normalized spacial score (nSPS) is 27.5. The van der Waals surface area contributed by atoms with E-state index in [0.717, 1.165) is 19.3 Å². The lowest BCUT2D eigenvalue weighted by Gasteiger charge is -2.23. The van der Waals surface area contributed by atoms with Crippen molar-refractivity contribution in [1.82, 2.24) is 0 Å². The van der Waals surface area contributed by atoms with Crippen molar-refractivity contribution in [3.63, 3.8) is 0 Å². The minimum Gasteiger partial charge on any atom is -0.469 e. The van der Waals surface area contributed by atoms with Crippen LogP contribution in [0.1, 0.15) is 25.7 Å². The minimum absolute atomic E-state index is 0.0321. The zero-order chi connectivity index (χ0) is 9.68. The van der Waals surface area contributed by atoms with Crippen LogP contribution in [0, 0.1) is 5.92 Å². The summed E-state index contributed by atoms with van der Waals surface area (Å²) in [4.78, 5) is 24.8. The summed E-state index contributed by atoms with van der Waals surface area (Å²) in [6, 6.07) is -0.0321. The predicted octanol–water partition coefficient (Wildman–Crippen LogP) is 1.05. The summed E-state index contributed by atoms with van der Waals surface area (Å²) in [6.07, 6.45) is 4.81.